The smallest absolute Gasteiger partial charge is 0.228 e. The summed E-state index contributed by atoms with van der Waals surface area (Å²) >= 11 is 0. The van der Waals surface area contributed by atoms with Gasteiger partial charge in [-0.2, -0.15) is 10.1 Å². The van der Waals surface area contributed by atoms with Crippen LogP contribution in [0.5, 0.6) is 0 Å². The van der Waals surface area contributed by atoms with Crippen molar-refractivity contribution in [2.24, 2.45) is 0 Å². The predicted octanol–water partition coefficient (Wildman–Crippen LogP) is 3.85. The molecule has 1 aromatic carbocycles. The highest BCUT2D eigenvalue weighted by Gasteiger charge is 2.12. The molecule has 0 radical (unpaired) electrons. The average Bonchev–Trinajstić information content (AvgIpc) is 3.27. The van der Waals surface area contributed by atoms with Crippen molar-refractivity contribution in [2.45, 2.75) is 32.7 Å². The molecule has 0 amide bonds. The molecule has 3 aromatic heterocycles. The number of hydrogen-bond acceptors (Lipinski definition) is 5. The number of pyridine rings is 1. The van der Waals surface area contributed by atoms with Crippen molar-refractivity contribution in [1.82, 2.24) is 24.9 Å². The number of benzene rings is 1. The van der Waals surface area contributed by atoms with E-state index < -0.39 is 0 Å². The zero-order chi connectivity index (χ0) is 17.2. The lowest BCUT2D eigenvalue weighted by atomic mass is 10.1. The summed E-state index contributed by atoms with van der Waals surface area (Å²) in [6.45, 7) is 4.92. The third-order valence-electron chi connectivity index (χ3n) is 4.15. The standard InChI is InChI=1S/C19H19N5O/c1-13(2)15-7-5-8-16(21-15)19-22-18(25-23-19)10-11-24-17-9-4-3-6-14(17)12-20-24/h3-9,12-13H,10-11H2,1-2H3. The maximum absolute atomic E-state index is 5.39. The first-order valence-electron chi connectivity index (χ1n) is 8.41. The fourth-order valence-electron chi connectivity index (χ4n) is 2.76. The van der Waals surface area contributed by atoms with E-state index in [0.717, 1.165) is 22.3 Å². The van der Waals surface area contributed by atoms with Crippen molar-refractivity contribution in [3.05, 3.63) is 60.2 Å². The van der Waals surface area contributed by atoms with Gasteiger partial charge < -0.3 is 4.52 Å². The number of hydrogen-bond donors (Lipinski definition) is 0. The highest BCUT2D eigenvalue weighted by atomic mass is 16.5. The van der Waals surface area contributed by atoms with Crippen molar-refractivity contribution in [1.29, 1.82) is 0 Å². The van der Waals surface area contributed by atoms with Crippen LogP contribution in [-0.4, -0.2) is 24.9 Å². The van der Waals surface area contributed by atoms with Crippen molar-refractivity contribution < 1.29 is 4.52 Å². The van der Waals surface area contributed by atoms with Crippen LogP contribution >= 0.6 is 0 Å². The number of aryl methyl sites for hydroxylation is 2. The van der Waals surface area contributed by atoms with Gasteiger partial charge >= 0.3 is 0 Å². The fourth-order valence-corrected chi connectivity index (χ4v) is 2.76. The molecular weight excluding hydrogens is 314 g/mol. The van der Waals surface area contributed by atoms with Crippen molar-refractivity contribution in [2.75, 3.05) is 0 Å². The molecule has 0 aliphatic heterocycles. The molecule has 6 nitrogen and oxygen atoms in total. The quantitative estimate of drug-likeness (QED) is 0.555. The predicted molar refractivity (Wildman–Crippen MR) is 95.1 cm³/mol. The Kier molecular flexibility index (Phi) is 4.01. The summed E-state index contributed by atoms with van der Waals surface area (Å²) in [6, 6.07) is 14.0. The first kappa shape index (κ1) is 15.5. The molecule has 25 heavy (non-hydrogen) atoms. The third-order valence-corrected chi connectivity index (χ3v) is 4.15. The summed E-state index contributed by atoms with van der Waals surface area (Å²) in [5.41, 5.74) is 2.87. The number of fused-ring (bicyclic) bond motifs is 1. The second-order valence-corrected chi connectivity index (χ2v) is 6.29. The minimum absolute atomic E-state index is 0.361. The van der Waals surface area contributed by atoms with Crippen LogP contribution in [0.15, 0.2) is 53.2 Å². The molecule has 0 bridgehead atoms. The molecule has 4 aromatic rings. The molecule has 0 spiro atoms. The highest BCUT2D eigenvalue weighted by molar-refractivity contribution is 5.78. The van der Waals surface area contributed by atoms with E-state index in [0.29, 0.717) is 30.6 Å². The Morgan fingerprint density at radius 3 is 2.80 bits per heavy atom. The molecule has 3 heterocycles. The van der Waals surface area contributed by atoms with Crippen molar-refractivity contribution in [3.63, 3.8) is 0 Å². The van der Waals surface area contributed by atoms with Crippen LogP contribution in [0.4, 0.5) is 0 Å². The second kappa shape index (κ2) is 6.47. The van der Waals surface area contributed by atoms with Crippen LogP contribution in [0.2, 0.25) is 0 Å². The van der Waals surface area contributed by atoms with E-state index >= 15 is 0 Å². The van der Waals surface area contributed by atoms with Crippen molar-refractivity contribution >= 4 is 10.9 Å². The van der Waals surface area contributed by atoms with Gasteiger partial charge in [-0.3, -0.25) is 4.68 Å². The lowest BCUT2D eigenvalue weighted by molar-refractivity contribution is 0.370. The molecular formula is C19H19N5O. The molecule has 4 rings (SSSR count). The molecule has 6 heteroatoms. The Hall–Kier alpha value is -3.02. The van der Waals surface area contributed by atoms with Crippen LogP contribution < -0.4 is 0 Å². The van der Waals surface area contributed by atoms with Gasteiger partial charge in [-0.05, 0) is 24.1 Å². The van der Waals surface area contributed by atoms with E-state index in [9.17, 15) is 0 Å². The minimum atomic E-state index is 0.361. The maximum atomic E-state index is 5.39. The number of nitrogens with zero attached hydrogens (tertiary/aromatic N) is 5. The van der Waals surface area contributed by atoms with E-state index in [1.54, 1.807) is 0 Å². The fraction of sp³-hybridized carbons (Fsp3) is 0.263. The van der Waals surface area contributed by atoms with Gasteiger partial charge in [0.2, 0.25) is 11.7 Å². The Labute approximate surface area is 145 Å². The van der Waals surface area contributed by atoms with Gasteiger partial charge in [-0.25, -0.2) is 4.98 Å². The summed E-state index contributed by atoms with van der Waals surface area (Å²) in [7, 11) is 0. The minimum Gasteiger partial charge on any atom is -0.339 e. The molecule has 0 aliphatic rings. The van der Waals surface area contributed by atoms with Gasteiger partial charge in [0.15, 0.2) is 0 Å². The zero-order valence-corrected chi connectivity index (χ0v) is 14.3. The van der Waals surface area contributed by atoms with E-state index in [2.05, 4.69) is 46.2 Å². The lowest BCUT2D eigenvalue weighted by Gasteiger charge is -2.04. The summed E-state index contributed by atoms with van der Waals surface area (Å²) in [6.07, 6.45) is 2.50. The number of rotatable bonds is 5. The Balaban J connectivity index is 1.51. The Morgan fingerprint density at radius 2 is 1.92 bits per heavy atom. The van der Waals surface area contributed by atoms with Crippen molar-refractivity contribution in [3.8, 4) is 11.5 Å². The van der Waals surface area contributed by atoms with E-state index in [-0.39, 0.29) is 0 Å². The SMILES string of the molecule is CC(C)c1cccc(-c2noc(CCn3ncc4ccccc43)n2)n1. The Morgan fingerprint density at radius 1 is 1.04 bits per heavy atom. The summed E-state index contributed by atoms with van der Waals surface area (Å²) in [4.78, 5) is 9.08. The zero-order valence-electron chi connectivity index (χ0n) is 14.3. The normalized spacial score (nSPS) is 11.5. The van der Waals surface area contributed by atoms with Crippen LogP contribution in [0, 0.1) is 0 Å². The van der Waals surface area contributed by atoms with Crippen LogP contribution in [0.25, 0.3) is 22.4 Å². The third kappa shape index (κ3) is 3.15. The molecule has 0 fully saturated rings. The average molecular weight is 333 g/mol. The van der Waals surface area contributed by atoms with Crippen LogP contribution in [0.3, 0.4) is 0 Å². The molecule has 0 N–H and O–H groups in total. The van der Waals surface area contributed by atoms with Crippen LogP contribution in [-0.2, 0) is 13.0 Å². The van der Waals surface area contributed by atoms with Gasteiger partial charge in [0, 0.05) is 17.5 Å². The highest BCUT2D eigenvalue weighted by Crippen LogP contribution is 2.18. The lowest BCUT2D eigenvalue weighted by Crippen LogP contribution is -2.03. The van der Waals surface area contributed by atoms with Gasteiger partial charge in [0.25, 0.3) is 0 Å². The number of aromatic nitrogens is 5. The molecule has 126 valence electrons. The topological polar surface area (TPSA) is 69.6 Å². The van der Waals surface area contributed by atoms with E-state index in [1.807, 2.05) is 41.2 Å². The molecule has 0 unspecified atom stereocenters. The molecule has 0 saturated heterocycles. The largest absolute Gasteiger partial charge is 0.339 e. The number of para-hydroxylation sites is 1. The summed E-state index contributed by atoms with van der Waals surface area (Å²) in [5, 5.41) is 9.62. The van der Waals surface area contributed by atoms with Gasteiger partial charge in [-0.1, -0.05) is 43.3 Å². The summed E-state index contributed by atoms with van der Waals surface area (Å²) in [5.74, 6) is 1.48. The molecule has 0 saturated carbocycles. The van der Waals surface area contributed by atoms with Gasteiger partial charge in [-0.15, -0.1) is 0 Å². The van der Waals surface area contributed by atoms with Gasteiger partial charge in [0.1, 0.15) is 5.69 Å². The van der Waals surface area contributed by atoms with E-state index in [4.69, 9.17) is 4.52 Å². The first-order chi connectivity index (χ1) is 12.2. The van der Waals surface area contributed by atoms with E-state index in [1.165, 1.54) is 0 Å². The molecule has 0 aliphatic carbocycles. The first-order valence-corrected chi connectivity index (χ1v) is 8.41. The summed E-state index contributed by atoms with van der Waals surface area (Å²) < 4.78 is 7.34. The second-order valence-electron chi connectivity index (χ2n) is 6.29. The monoisotopic (exact) mass is 333 g/mol. The molecule has 0 atom stereocenters. The maximum Gasteiger partial charge on any atom is 0.228 e. The Bertz CT molecular complexity index is 1000. The van der Waals surface area contributed by atoms with Gasteiger partial charge in [0.05, 0.1) is 18.3 Å². The van der Waals surface area contributed by atoms with Crippen LogP contribution in [0.1, 0.15) is 31.4 Å².